The first-order valence-electron chi connectivity index (χ1n) is 6.86. The number of hydrogen-bond donors (Lipinski definition) is 2. The number of rotatable bonds is 4. The highest BCUT2D eigenvalue weighted by atomic mass is 32.2. The van der Waals surface area contributed by atoms with E-state index in [4.69, 9.17) is 4.55 Å². The van der Waals surface area contributed by atoms with Gasteiger partial charge >= 0.3 is 0 Å². The molecule has 0 aliphatic heterocycles. The van der Waals surface area contributed by atoms with Crippen molar-refractivity contribution in [3.8, 4) is 0 Å². The fourth-order valence-electron chi connectivity index (χ4n) is 2.21. The molecule has 0 aromatic heterocycles. The van der Waals surface area contributed by atoms with Crippen LogP contribution in [0.4, 0.5) is 5.69 Å². The summed E-state index contributed by atoms with van der Waals surface area (Å²) in [6.45, 7) is 3.85. The van der Waals surface area contributed by atoms with Gasteiger partial charge < -0.3 is 5.32 Å². The van der Waals surface area contributed by atoms with E-state index in [9.17, 15) is 13.2 Å². The molecule has 1 aromatic carbocycles. The number of benzene rings is 1. The highest BCUT2D eigenvalue weighted by Gasteiger charge is 2.21. The second-order valence-corrected chi connectivity index (χ2v) is 6.77. The van der Waals surface area contributed by atoms with Crippen LogP contribution >= 0.6 is 0 Å². The van der Waals surface area contributed by atoms with Crippen LogP contribution in [0.3, 0.4) is 0 Å². The maximum Gasteiger partial charge on any atom is 0.294 e. The van der Waals surface area contributed by atoms with Crippen molar-refractivity contribution in [2.24, 2.45) is 5.92 Å². The van der Waals surface area contributed by atoms with Crippen molar-refractivity contribution in [1.29, 1.82) is 0 Å². The van der Waals surface area contributed by atoms with Gasteiger partial charge in [-0.1, -0.05) is 11.1 Å². The maximum absolute atomic E-state index is 12.2. The van der Waals surface area contributed by atoms with E-state index in [0.717, 1.165) is 18.4 Å². The van der Waals surface area contributed by atoms with Crippen molar-refractivity contribution in [2.75, 3.05) is 5.32 Å². The highest BCUT2D eigenvalue weighted by Crippen LogP contribution is 2.32. The van der Waals surface area contributed by atoms with Crippen LogP contribution < -0.4 is 5.32 Å². The first-order valence-corrected chi connectivity index (χ1v) is 8.30. The van der Waals surface area contributed by atoms with Crippen molar-refractivity contribution in [3.05, 3.63) is 35.4 Å². The van der Waals surface area contributed by atoms with Crippen molar-refractivity contribution in [2.45, 2.75) is 38.0 Å². The quantitative estimate of drug-likeness (QED) is 0.661. The molecule has 1 amide bonds. The van der Waals surface area contributed by atoms with Gasteiger partial charge in [0.15, 0.2) is 0 Å². The minimum atomic E-state index is -4.21. The number of carbonyl (C=O) groups excluding carboxylic acids is 1. The van der Waals surface area contributed by atoms with Crippen LogP contribution in [0.1, 0.15) is 33.1 Å². The predicted octanol–water partition coefficient (Wildman–Crippen LogP) is 3.01. The summed E-state index contributed by atoms with van der Waals surface area (Å²) in [5, 5.41) is 2.75. The predicted molar refractivity (Wildman–Crippen MR) is 80.6 cm³/mol. The molecule has 0 heterocycles. The molecule has 2 N–H and O–H groups in total. The Morgan fingerprint density at radius 3 is 2.24 bits per heavy atom. The van der Waals surface area contributed by atoms with Gasteiger partial charge in [-0.2, -0.15) is 8.42 Å². The molecule has 1 fully saturated rings. The van der Waals surface area contributed by atoms with Crippen LogP contribution in [-0.2, 0) is 14.9 Å². The molecule has 114 valence electrons. The van der Waals surface area contributed by atoms with Crippen LogP contribution in [-0.4, -0.2) is 18.9 Å². The van der Waals surface area contributed by atoms with E-state index in [1.165, 1.54) is 36.3 Å². The molecular formula is C15H19NO4S. The molecule has 0 spiro atoms. The average molecular weight is 309 g/mol. The smallest absolute Gasteiger partial charge is 0.294 e. The molecule has 0 bridgehead atoms. The molecule has 1 unspecified atom stereocenters. The monoisotopic (exact) mass is 309 g/mol. The summed E-state index contributed by atoms with van der Waals surface area (Å²) in [4.78, 5) is 12.0. The van der Waals surface area contributed by atoms with Crippen molar-refractivity contribution < 1.29 is 17.8 Å². The van der Waals surface area contributed by atoms with Gasteiger partial charge in [0.05, 0.1) is 10.8 Å². The Hall–Kier alpha value is -1.66. The third-order valence-corrected chi connectivity index (χ3v) is 4.85. The summed E-state index contributed by atoms with van der Waals surface area (Å²) in [6, 6.07) is 5.43. The zero-order chi connectivity index (χ0) is 15.6. The Labute approximate surface area is 124 Å². The van der Waals surface area contributed by atoms with E-state index in [1.807, 2.05) is 13.8 Å². The zero-order valence-corrected chi connectivity index (χ0v) is 12.9. The van der Waals surface area contributed by atoms with Gasteiger partial charge in [-0.3, -0.25) is 9.35 Å². The molecule has 1 aromatic rings. The molecule has 0 saturated heterocycles. The number of nitrogens with one attached hydrogen (secondary N) is 1. The Kier molecular flexibility index (Phi) is 4.49. The van der Waals surface area contributed by atoms with Crippen molar-refractivity contribution in [3.63, 3.8) is 0 Å². The Morgan fingerprint density at radius 2 is 1.81 bits per heavy atom. The third-order valence-electron chi connectivity index (χ3n) is 3.98. The lowest BCUT2D eigenvalue weighted by Gasteiger charge is -2.23. The van der Waals surface area contributed by atoms with Crippen molar-refractivity contribution in [1.82, 2.24) is 0 Å². The molecule has 1 saturated carbocycles. The minimum absolute atomic E-state index is 0.119. The number of carbonyl (C=O) groups is 1. The molecule has 1 atom stereocenters. The van der Waals surface area contributed by atoms with Gasteiger partial charge in [0.1, 0.15) is 0 Å². The minimum Gasteiger partial charge on any atom is -0.326 e. The molecule has 1 aliphatic rings. The van der Waals surface area contributed by atoms with Crippen LogP contribution in [0.2, 0.25) is 0 Å². The highest BCUT2D eigenvalue weighted by molar-refractivity contribution is 7.85. The average Bonchev–Trinajstić information content (AvgIpc) is 2.35. The van der Waals surface area contributed by atoms with Crippen LogP contribution in [0, 0.1) is 5.92 Å². The molecule has 1 aliphatic carbocycles. The van der Waals surface area contributed by atoms with E-state index >= 15 is 0 Å². The van der Waals surface area contributed by atoms with Gasteiger partial charge in [-0.25, -0.2) is 0 Å². The third kappa shape index (κ3) is 3.71. The maximum atomic E-state index is 12.2. The Balaban J connectivity index is 2.06. The van der Waals surface area contributed by atoms with Crippen LogP contribution in [0.15, 0.2) is 40.3 Å². The molecule has 5 nitrogen and oxygen atoms in total. The molecule has 6 heteroatoms. The topological polar surface area (TPSA) is 83.5 Å². The van der Waals surface area contributed by atoms with Gasteiger partial charge in [-0.15, -0.1) is 0 Å². The van der Waals surface area contributed by atoms with E-state index in [2.05, 4.69) is 5.32 Å². The van der Waals surface area contributed by atoms with Crippen molar-refractivity contribution >= 4 is 21.7 Å². The number of anilines is 1. The fraction of sp³-hybridized carbons (Fsp3) is 0.400. The second kappa shape index (κ2) is 5.99. The van der Waals surface area contributed by atoms with Gasteiger partial charge in [0.2, 0.25) is 5.91 Å². The summed E-state index contributed by atoms with van der Waals surface area (Å²) in [5.41, 5.74) is 2.98. The van der Waals surface area contributed by atoms with Gasteiger partial charge in [0, 0.05) is 5.69 Å². The Bertz CT molecular complexity index is 668. The van der Waals surface area contributed by atoms with E-state index < -0.39 is 10.1 Å². The summed E-state index contributed by atoms with van der Waals surface area (Å²) in [7, 11) is -4.21. The Morgan fingerprint density at radius 1 is 1.24 bits per heavy atom. The SMILES string of the molecule is CC(=C1CCC1)C(C)C(=O)Nc1ccc(S(=O)(=O)O)cc1. The fourth-order valence-corrected chi connectivity index (χ4v) is 2.69. The van der Waals surface area contributed by atoms with E-state index in [0.29, 0.717) is 5.69 Å². The molecular weight excluding hydrogens is 290 g/mol. The van der Waals surface area contributed by atoms with E-state index in [-0.39, 0.29) is 16.7 Å². The standard InChI is InChI=1S/C15H19NO4S/c1-10(12-4-3-5-12)11(2)15(17)16-13-6-8-14(9-7-13)21(18,19)20/h6-9,11H,3-5H2,1-2H3,(H,16,17)(H,18,19,20). The molecule has 2 rings (SSSR count). The largest absolute Gasteiger partial charge is 0.326 e. The summed E-state index contributed by atoms with van der Waals surface area (Å²) >= 11 is 0. The lowest BCUT2D eigenvalue weighted by atomic mass is 9.84. The van der Waals surface area contributed by atoms with Crippen LogP contribution in [0.5, 0.6) is 0 Å². The molecule has 21 heavy (non-hydrogen) atoms. The first kappa shape index (κ1) is 15.7. The summed E-state index contributed by atoms with van der Waals surface area (Å²) in [5.74, 6) is -0.326. The van der Waals surface area contributed by atoms with E-state index in [1.54, 1.807) is 0 Å². The van der Waals surface area contributed by atoms with Gasteiger partial charge in [0.25, 0.3) is 10.1 Å². The lowest BCUT2D eigenvalue weighted by molar-refractivity contribution is -0.118. The van der Waals surface area contributed by atoms with Crippen LogP contribution in [0.25, 0.3) is 0 Å². The first-order chi connectivity index (χ1) is 9.79. The summed E-state index contributed by atoms with van der Waals surface area (Å²) < 4.78 is 30.8. The number of amides is 1. The zero-order valence-electron chi connectivity index (χ0n) is 12.1. The van der Waals surface area contributed by atoms with Gasteiger partial charge in [-0.05, 0) is 57.4 Å². The summed E-state index contributed by atoms with van der Waals surface area (Å²) in [6.07, 6.45) is 3.34. The number of hydrogen-bond acceptors (Lipinski definition) is 3. The molecule has 0 radical (unpaired) electrons. The second-order valence-electron chi connectivity index (χ2n) is 5.35. The normalized spacial score (nSPS) is 16.0. The lowest BCUT2D eigenvalue weighted by Crippen LogP contribution is -2.23. The number of allylic oxidation sites excluding steroid dienone is 1.